The van der Waals surface area contributed by atoms with Gasteiger partial charge in [0.05, 0.1) is 11.3 Å². The van der Waals surface area contributed by atoms with Crippen molar-refractivity contribution in [3.8, 4) is 0 Å². The van der Waals surface area contributed by atoms with Gasteiger partial charge < -0.3 is 4.74 Å². The van der Waals surface area contributed by atoms with E-state index in [-0.39, 0.29) is 24.3 Å². The van der Waals surface area contributed by atoms with Crippen LogP contribution < -0.4 is 0 Å². The maximum atomic E-state index is 11.1. The lowest BCUT2D eigenvalue weighted by Gasteiger charge is -2.20. The molecule has 0 aromatic heterocycles. The van der Waals surface area contributed by atoms with E-state index in [0.717, 1.165) is 0 Å². The summed E-state index contributed by atoms with van der Waals surface area (Å²) in [7, 11) is 0. The molecule has 11 heavy (non-hydrogen) atoms. The van der Waals surface area contributed by atoms with Gasteiger partial charge in [-0.25, -0.2) is 0 Å². The zero-order valence-corrected chi connectivity index (χ0v) is 7.01. The normalized spacial score (nSPS) is 37.0. The van der Waals surface area contributed by atoms with Crippen LogP contribution in [0.2, 0.25) is 0 Å². The molecule has 2 atom stereocenters. The fourth-order valence-electron chi connectivity index (χ4n) is 1.14. The van der Waals surface area contributed by atoms with Gasteiger partial charge in [0.25, 0.3) is 0 Å². The Hall–Kier alpha value is -0.860. The van der Waals surface area contributed by atoms with E-state index < -0.39 is 5.41 Å². The molecule has 1 aliphatic rings. The molecule has 1 fully saturated rings. The highest BCUT2D eigenvalue weighted by atomic mass is 16.5. The van der Waals surface area contributed by atoms with Gasteiger partial charge in [0.1, 0.15) is 12.4 Å². The minimum Gasteiger partial charge on any atom is -0.464 e. The van der Waals surface area contributed by atoms with Crippen LogP contribution in [-0.2, 0) is 14.3 Å². The average molecular weight is 156 g/mol. The van der Waals surface area contributed by atoms with E-state index in [2.05, 4.69) is 0 Å². The van der Waals surface area contributed by atoms with Crippen molar-refractivity contribution in [2.45, 2.75) is 20.8 Å². The summed E-state index contributed by atoms with van der Waals surface area (Å²) in [6, 6.07) is 0. The van der Waals surface area contributed by atoms with Crippen molar-refractivity contribution < 1.29 is 14.3 Å². The summed E-state index contributed by atoms with van der Waals surface area (Å²) in [6.45, 7) is 5.24. The molecule has 0 radical (unpaired) electrons. The third-order valence-electron chi connectivity index (χ3n) is 2.63. The molecule has 0 bridgehead atoms. The summed E-state index contributed by atoms with van der Waals surface area (Å²) in [6.07, 6.45) is 0. The van der Waals surface area contributed by atoms with Gasteiger partial charge in [-0.3, -0.25) is 9.59 Å². The molecule has 3 nitrogen and oxygen atoms in total. The molecule has 0 aliphatic carbocycles. The number of ketones is 1. The van der Waals surface area contributed by atoms with E-state index in [4.69, 9.17) is 4.74 Å². The van der Waals surface area contributed by atoms with Gasteiger partial charge in [0.15, 0.2) is 0 Å². The van der Waals surface area contributed by atoms with Gasteiger partial charge in [-0.15, -0.1) is 0 Å². The molecule has 0 amide bonds. The molecule has 1 heterocycles. The summed E-state index contributed by atoms with van der Waals surface area (Å²) < 4.78 is 4.78. The molecule has 1 rings (SSSR count). The first-order chi connectivity index (χ1) is 4.98. The highest BCUT2D eigenvalue weighted by Crippen LogP contribution is 2.35. The van der Waals surface area contributed by atoms with Gasteiger partial charge in [0.2, 0.25) is 0 Å². The molecule has 3 heteroatoms. The van der Waals surface area contributed by atoms with Crippen molar-refractivity contribution in [3.63, 3.8) is 0 Å². The van der Waals surface area contributed by atoms with Crippen LogP contribution in [0.1, 0.15) is 20.8 Å². The first kappa shape index (κ1) is 8.24. The molecule has 0 N–H and O–H groups in total. The number of carbonyl (C=O) groups excluding carboxylic acids is 2. The number of hydrogen-bond donors (Lipinski definition) is 0. The molecule has 0 spiro atoms. The van der Waals surface area contributed by atoms with Gasteiger partial charge in [-0.2, -0.15) is 0 Å². The topological polar surface area (TPSA) is 43.4 Å². The Bertz CT molecular complexity index is 209. The fraction of sp³-hybridized carbons (Fsp3) is 0.750. The molecule has 0 aromatic rings. The minimum atomic E-state index is -0.586. The number of ether oxygens (including phenoxy) is 1. The Morgan fingerprint density at radius 3 is 2.45 bits per heavy atom. The Balaban J connectivity index is 2.89. The minimum absolute atomic E-state index is 0.0239. The number of carbonyl (C=O) groups is 2. The molecule has 0 aromatic carbocycles. The van der Waals surface area contributed by atoms with Gasteiger partial charge in [0, 0.05) is 0 Å². The first-order valence-corrected chi connectivity index (χ1v) is 3.66. The summed E-state index contributed by atoms with van der Waals surface area (Å²) in [5, 5.41) is 0. The molecule has 62 valence electrons. The predicted molar refractivity (Wildman–Crippen MR) is 38.9 cm³/mol. The maximum absolute atomic E-state index is 11.1. The third-order valence-corrected chi connectivity index (χ3v) is 2.63. The molecular weight excluding hydrogens is 144 g/mol. The van der Waals surface area contributed by atoms with Crippen molar-refractivity contribution in [2.24, 2.45) is 11.3 Å². The molecular formula is C8H12O3. The lowest BCUT2D eigenvalue weighted by atomic mass is 9.78. The van der Waals surface area contributed by atoms with Crippen LogP contribution in [0.4, 0.5) is 0 Å². The van der Waals surface area contributed by atoms with Crippen molar-refractivity contribution in [1.82, 2.24) is 0 Å². The Labute approximate surface area is 65.7 Å². The second-order valence-corrected chi connectivity index (χ2v) is 3.30. The lowest BCUT2D eigenvalue weighted by molar-refractivity contribution is -0.141. The predicted octanol–water partition coefficient (Wildman–Crippen LogP) is 0.775. The molecule has 0 saturated carbocycles. The Morgan fingerprint density at radius 2 is 2.27 bits per heavy atom. The third kappa shape index (κ3) is 1.04. The van der Waals surface area contributed by atoms with Crippen LogP contribution in [0.15, 0.2) is 0 Å². The second-order valence-electron chi connectivity index (χ2n) is 3.30. The Kier molecular flexibility index (Phi) is 1.74. The monoisotopic (exact) mass is 156 g/mol. The van der Waals surface area contributed by atoms with Crippen molar-refractivity contribution >= 4 is 11.8 Å². The second kappa shape index (κ2) is 2.32. The number of esters is 1. The summed E-state index contributed by atoms with van der Waals surface area (Å²) in [5.74, 6) is -0.529. The van der Waals surface area contributed by atoms with Gasteiger partial charge in [-0.1, -0.05) is 6.92 Å². The molecule has 1 aliphatic heterocycles. The number of Topliss-reactive ketones (excluding diaryl/α,β-unsaturated/α-hetero) is 1. The maximum Gasteiger partial charge on any atom is 0.309 e. The van der Waals surface area contributed by atoms with Crippen LogP contribution in [0.25, 0.3) is 0 Å². The van der Waals surface area contributed by atoms with Crippen LogP contribution in [0.5, 0.6) is 0 Å². The summed E-state index contributed by atoms with van der Waals surface area (Å²) in [4.78, 5) is 22.0. The molecule has 2 unspecified atom stereocenters. The smallest absolute Gasteiger partial charge is 0.309 e. The summed E-state index contributed by atoms with van der Waals surface area (Å²) >= 11 is 0. The number of hydrogen-bond acceptors (Lipinski definition) is 3. The lowest BCUT2D eigenvalue weighted by Crippen LogP contribution is -2.32. The van der Waals surface area contributed by atoms with Crippen LogP contribution in [0.3, 0.4) is 0 Å². The van der Waals surface area contributed by atoms with Crippen LogP contribution >= 0.6 is 0 Å². The Morgan fingerprint density at radius 1 is 1.73 bits per heavy atom. The van der Waals surface area contributed by atoms with Crippen molar-refractivity contribution in [1.29, 1.82) is 0 Å². The van der Waals surface area contributed by atoms with E-state index in [1.807, 2.05) is 0 Å². The van der Waals surface area contributed by atoms with Crippen molar-refractivity contribution in [3.05, 3.63) is 0 Å². The standard InChI is InChI=1S/C8H12O3/c1-5-7(10)11-4-8(5,3)6(2)9/h5H,4H2,1-3H3. The largest absolute Gasteiger partial charge is 0.464 e. The van der Waals surface area contributed by atoms with E-state index >= 15 is 0 Å². The number of cyclic esters (lactones) is 1. The SMILES string of the molecule is CC(=O)C1(C)COC(=O)C1C. The summed E-state index contributed by atoms with van der Waals surface area (Å²) in [5.41, 5.74) is -0.586. The van der Waals surface area contributed by atoms with Gasteiger partial charge in [-0.05, 0) is 13.8 Å². The van der Waals surface area contributed by atoms with E-state index in [1.54, 1.807) is 13.8 Å². The van der Waals surface area contributed by atoms with Gasteiger partial charge >= 0.3 is 5.97 Å². The fourth-order valence-corrected chi connectivity index (χ4v) is 1.14. The first-order valence-electron chi connectivity index (χ1n) is 3.66. The van der Waals surface area contributed by atoms with E-state index in [9.17, 15) is 9.59 Å². The zero-order valence-electron chi connectivity index (χ0n) is 7.01. The zero-order chi connectivity index (χ0) is 8.65. The quantitative estimate of drug-likeness (QED) is 0.527. The van der Waals surface area contributed by atoms with Crippen molar-refractivity contribution in [2.75, 3.05) is 6.61 Å². The van der Waals surface area contributed by atoms with E-state index in [0.29, 0.717) is 0 Å². The molecule has 1 saturated heterocycles. The number of rotatable bonds is 1. The highest BCUT2D eigenvalue weighted by Gasteiger charge is 2.47. The van der Waals surface area contributed by atoms with Crippen LogP contribution in [0, 0.1) is 11.3 Å². The highest BCUT2D eigenvalue weighted by molar-refractivity contribution is 5.90. The average Bonchev–Trinajstić information content (AvgIpc) is 2.18. The van der Waals surface area contributed by atoms with E-state index in [1.165, 1.54) is 6.92 Å². The van der Waals surface area contributed by atoms with Crippen LogP contribution in [-0.4, -0.2) is 18.4 Å².